The summed E-state index contributed by atoms with van der Waals surface area (Å²) in [6, 6.07) is 9.62. The van der Waals surface area contributed by atoms with Crippen LogP contribution in [0.4, 0.5) is 17.6 Å². The predicted octanol–water partition coefficient (Wildman–Crippen LogP) is 6.73. The Kier molecular flexibility index (Phi) is 9.18. The number of nitrogens with one attached hydrogen (secondary N) is 1. The van der Waals surface area contributed by atoms with Crippen molar-refractivity contribution in [3.05, 3.63) is 106 Å². The fraction of sp³-hybridized carbons (Fsp3) is 0.160. The van der Waals surface area contributed by atoms with Gasteiger partial charge in [-0.3, -0.25) is 4.79 Å². The van der Waals surface area contributed by atoms with E-state index >= 15 is 0 Å². The first-order valence-electron chi connectivity index (χ1n) is 9.93. The minimum Gasteiger partial charge on any atom is -0.342 e. The molecule has 0 aliphatic carbocycles. The van der Waals surface area contributed by atoms with Crippen LogP contribution in [0.3, 0.4) is 0 Å². The molecule has 180 valence electrons. The van der Waals surface area contributed by atoms with Crippen molar-refractivity contribution in [3.8, 4) is 0 Å². The van der Waals surface area contributed by atoms with Crippen LogP contribution in [0.5, 0.6) is 0 Å². The van der Waals surface area contributed by atoms with Gasteiger partial charge in [0, 0.05) is 15.5 Å². The second kappa shape index (κ2) is 11.4. The van der Waals surface area contributed by atoms with E-state index in [-0.39, 0.29) is 16.7 Å². The van der Waals surface area contributed by atoms with E-state index in [0.29, 0.717) is 20.4 Å². The van der Waals surface area contributed by atoms with Crippen molar-refractivity contribution in [2.24, 2.45) is 0 Å². The molecule has 1 unspecified atom stereocenters. The molecule has 0 saturated heterocycles. The quantitative estimate of drug-likeness (QED) is 0.315. The zero-order valence-corrected chi connectivity index (χ0v) is 20.0. The van der Waals surface area contributed by atoms with Crippen molar-refractivity contribution >= 4 is 33.9 Å². The molecule has 9 heteroatoms. The first-order chi connectivity index (χ1) is 15.9. The van der Waals surface area contributed by atoms with Gasteiger partial charge in [-0.2, -0.15) is 13.2 Å². The van der Waals surface area contributed by atoms with Crippen LogP contribution in [0.1, 0.15) is 25.0 Å². The summed E-state index contributed by atoms with van der Waals surface area (Å²) >= 11 is 6.13. The van der Waals surface area contributed by atoms with Crippen LogP contribution in [0.2, 0.25) is 5.02 Å². The van der Waals surface area contributed by atoms with Gasteiger partial charge >= 0.3 is 12.1 Å². The molecule has 2 rings (SSSR count). The number of amides is 1. The number of hydrogen-bond acceptors (Lipinski definition) is 2. The normalized spacial score (nSPS) is 14.0. The van der Waals surface area contributed by atoms with Crippen molar-refractivity contribution in [1.82, 2.24) is 5.32 Å². The number of hydrogen-bond donors (Lipinski definition) is 1. The van der Waals surface area contributed by atoms with Gasteiger partial charge in [0.25, 0.3) is 0 Å². The van der Waals surface area contributed by atoms with E-state index in [2.05, 4.69) is 13.2 Å². The Bertz CT molecular complexity index is 1200. The maximum absolute atomic E-state index is 14.3. The number of rotatable bonds is 8. The third-order valence-corrected chi connectivity index (χ3v) is 6.58. The van der Waals surface area contributed by atoms with Gasteiger partial charge in [-0.25, -0.2) is 8.60 Å². The van der Waals surface area contributed by atoms with Crippen LogP contribution >= 0.6 is 11.6 Å². The number of halogens is 5. The summed E-state index contributed by atoms with van der Waals surface area (Å²) in [7, 11) is -1.77. The number of alkyl halides is 3. The highest BCUT2D eigenvalue weighted by atomic mass is 35.5. The van der Waals surface area contributed by atoms with Crippen molar-refractivity contribution in [1.29, 1.82) is 0 Å². The SMILES string of the molecule is C=C(c1ccccc1F)c1cc(Cl)ccc1S(=O)C(/C=C\C(=C)[C@H](C)NC(=O)C(F)(F)F)=C/C. The van der Waals surface area contributed by atoms with E-state index in [1.165, 1.54) is 49.4 Å². The Morgan fingerprint density at radius 2 is 1.76 bits per heavy atom. The lowest BCUT2D eigenvalue weighted by Gasteiger charge is -2.16. The average Bonchev–Trinajstić information content (AvgIpc) is 2.78. The molecule has 0 bridgehead atoms. The molecule has 2 atom stereocenters. The smallest absolute Gasteiger partial charge is 0.342 e. The molecular formula is C25H22ClF4NO2S. The fourth-order valence-corrected chi connectivity index (χ4v) is 4.25. The molecule has 1 amide bonds. The van der Waals surface area contributed by atoms with Gasteiger partial charge in [-0.05, 0) is 60.9 Å². The molecule has 0 heterocycles. The molecular weight excluding hydrogens is 490 g/mol. The van der Waals surface area contributed by atoms with Crippen molar-refractivity contribution in [3.63, 3.8) is 0 Å². The summed E-state index contributed by atoms with van der Waals surface area (Å²) in [5.41, 5.74) is 1.06. The summed E-state index contributed by atoms with van der Waals surface area (Å²) in [4.78, 5) is 11.8. The van der Waals surface area contributed by atoms with Crippen molar-refractivity contribution in [2.45, 2.75) is 31.0 Å². The van der Waals surface area contributed by atoms with Crippen LogP contribution in [-0.4, -0.2) is 22.3 Å². The molecule has 0 spiro atoms. The second-order valence-electron chi connectivity index (χ2n) is 7.16. The van der Waals surface area contributed by atoms with Crippen LogP contribution in [-0.2, 0) is 15.6 Å². The molecule has 0 fully saturated rings. The summed E-state index contributed by atoms with van der Waals surface area (Å²) in [6.45, 7) is 10.6. The van der Waals surface area contributed by atoms with E-state index in [4.69, 9.17) is 11.6 Å². The minimum absolute atomic E-state index is 0.168. The summed E-state index contributed by atoms with van der Waals surface area (Å²) in [5, 5.41) is 2.15. The number of benzene rings is 2. The molecule has 3 nitrogen and oxygen atoms in total. The highest BCUT2D eigenvalue weighted by molar-refractivity contribution is 7.89. The zero-order valence-electron chi connectivity index (χ0n) is 18.4. The highest BCUT2D eigenvalue weighted by Crippen LogP contribution is 2.32. The van der Waals surface area contributed by atoms with E-state index < -0.39 is 34.7 Å². The maximum atomic E-state index is 14.3. The number of carbonyl (C=O) groups is 1. The largest absolute Gasteiger partial charge is 0.471 e. The average molecular weight is 512 g/mol. The lowest BCUT2D eigenvalue weighted by molar-refractivity contribution is -0.174. The van der Waals surface area contributed by atoms with Gasteiger partial charge in [0.15, 0.2) is 0 Å². The third-order valence-electron chi connectivity index (χ3n) is 4.79. The maximum Gasteiger partial charge on any atom is 0.471 e. The first-order valence-corrected chi connectivity index (χ1v) is 11.5. The van der Waals surface area contributed by atoms with Crippen LogP contribution in [0.15, 0.2) is 89.2 Å². The molecule has 0 aromatic heterocycles. The molecule has 0 saturated carbocycles. The van der Waals surface area contributed by atoms with Crippen molar-refractivity contribution in [2.75, 3.05) is 0 Å². The Morgan fingerprint density at radius 3 is 2.35 bits per heavy atom. The molecule has 34 heavy (non-hydrogen) atoms. The monoisotopic (exact) mass is 511 g/mol. The molecule has 2 aromatic carbocycles. The second-order valence-corrected chi connectivity index (χ2v) is 9.04. The third kappa shape index (κ3) is 6.77. The zero-order chi connectivity index (χ0) is 25.6. The van der Waals surface area contributed by atoms with Gasteiger partial charge in [-0.15, -0.1) is 0 Å². The molecule has 0 aliphatic heterocycles. The van der Waals surface area contributed by atoms with Crippen molar-refractivity contribution < 1.29 is 26.6 Å². The fourth-order valence-electron chi connectivity index (χ4n) is 2.85. The Balaban J connectivity index is 2.32. The molecule has 0 aliphatic rings. The van der Waals surface area contributed by atoms with Gasteiger partial charge in [-0.1, -0.05) is 55.1 Å². The first kappa shape index (κ1) is 27.3. The standard InChI is InChI=1S/C25H22ClF4NO2S/c1-5-19(12-10-15(2)17(4)31-24(32)25(28,29)30)34(33)23-13-11-18(26)14-21(23)16(3)20-8-6-7-9-22(20)27/h5-14,17H,2-3H2,1,4H3,(H,31,32)/b12-10-,19-5+/t17-,34?/m0/s1. The summed E-state index contributed by atoms with van der Waals surface area (Å²) in [5.74, 6) is -2.58. The van der Waals surface area contributed by atoms with Gasteiger partial charge in [0.2, 0.25) is 0 Å². The number of allylic oxidation sites excluding steroid dienone is 2. The van der Waals surface area contributed by atoms with Crippen LogP contribution in [0.25, 0.3) is 5.57 Å². The van der Waals surface area contributed by atoms with Gasteiger partial charge in [0.05, 0.1) is 21.7 Å². The van der Waals surface area contributed by atoms with E-state index in [1.54, 1.807) is 30.4 Å². The minimum atomic E-state index is -5.01. The summed E-state index contributed by atoms with van der Waals surface area (Å²) in [6.07, 6.45) is -0.655. The lowest BCUT2D eigenvalue weighted by Crippen LogP contribution is -2.42. The lowest BCUT2D eigenvalue weighted by atomic mass is 9.99. The Hall–Kier alpha value is -2.97. The van der Waals surface area contributed by atoms with Crippen LogP contribution in [0, 0.1) is 5.82 Å². The topological polar surface area (TPSA) is 46.2 Å². The summed E-state index contributed by atoms with van der Waals surface area (Å²) < 4.78 is 65.1. The van der Waals surface area contributed by atoms with E-state index in [9.17, 15) is 26.6 Å². The van der Waals surface area contributed by atoms with Gasteiger partial charge < -0.3 is 5.32 Å². The molecule has 2 aromatic rings. The Morgan fingerprint density at radius 1 is 1.12 bits per heavy atom. The molecule has 0 radical (unpaired) electrons. The highest BCUT2D eigenvalue weighted by Gasteiger charge is 2.39. The number of carbonyl (C=O) groups excluding carboxylic acids is 1. The Labute approximate surface area is 203 Å². The predicted molar refractivity (Wildman–Crippen MR) is 128 cm³/mol. The van der Waals surface area contributed by atoms with E-state index in [1.807, 2.05) is 0 Å². The van der Waals surface area contributed by atoms with E-state index in [0.717, 1.165) is 0 Å². The van der Waals surface area contributed by atoms with Gasteiger partial charge in [0.1, 0.15) is 5.82 Å². The molecule has 1 N–H and O–H groups in total. The van der Waals surface area contributed by atoms with Crippen LogP contribution < -0.4 is 5.32 Å².